The van der Waals surface area contributed by atoms with E-state index >= 15 is 0 Å². The minimum atomic E-state index is -0.159. The molecule has 23 heavy (non-hydrogen) atoms. The number of aliphatic hydroxyl groups is 1. The van der Waals surface area contributed by atoms with Crippen molar-refractivity contribution in [2.24, 2.45) is 5.92 Å². The number of nitrogens with zero attached hydrogens (tertiary/aromatic N) is 1. The van der Waals surface area contributed by atoms with Crippen LogP contribution in [0.5, 0.6) is 0 Å². The Kier molecular flexibility index (Phi) is 5.21. The Balaban J connectivity index is 1.59. The first-order valence-corrected chi connectivity index (χ1v) is 8.97. The van der Waals surface area contributed by atoms with Crippen LogP contribution in [-0.2, 0) is 0 Å². The summed E-state index contributed by atoms with van der Waals surface area (Å²) in [6, 6.07) is 8.21. The molecular weight excluding hydrogens is 288 g/mol. The standard InChI is InChI=1S/C19H28N2O2/c1-14-4-2-3-5-18(14)20-19(23)15-6-8-16(9-7-15)21-12-10-17(22)11-13-21/h6-9,14,17-18,22H,2-5,10-13H2,1H3,(H,20,23). The fraction of sp³-hybridized carbons (Fsp3) is 0.632. The van der Waals surface area contributed by atoms with E-state index in [1.54, 1.807) is 0 Å². The zero-order valence-electron chi connectivity index (χ0n) is 14.0. The number of amides is 1. The van der Waals surface area contributed by atoms with Crippen LogP contribution in [0.25, 0.3) is 0 Å². The highest BCUT2D eigenvalue weighted by molar-refractivity contribution is 5.94. The summed E-state index contributed by atoms with van der Waals surface area (Å²) in [6.07, 6.45) is 6.30. The maximum absolute atomic E-state index is 12.4. The number of piperidine rings is 1. The predicted octanol–water partition coefficient (Wildman–Crippen LogP) is 2.96. The van der Waals surface area contributed by atoms with Gasteiger partial charge < -0.3 is 15.3 Å². The van der Waals surface area contributed by atoms with E-state index in [4.69, 9.17) is 0 Å². The SMILES string of the molecule is CC1CCCCC1NC(=O)c1ccc(N2CCC(O)CC2)cc1. The van der Waals surface area contributed by atoms with E-state index < -0.39 is 0 Å². The molecule has 0 radical (unpaired) electrons. The van der Waals surface area contributed by atoms with E-state index in [1.165, 1.54) is 19.3 Å². The number of benzene rings is 1. The highest BCUT2D eigenvalue weighted by Gasteiger charge is 2.23. The third-order valence-electron chi connectivity index (χ3n) is 5.39. The first-order chi connectivity index (χ1) is 11.1. The molecule has 4 nitrogen and oxygen atoms in total. The van der Waals surface area contributed by atoms with Crippen molar-refractivity contribution in [1.29, 1.82) is 0 Å². The third kappa shape index (κ3) is 4.05. The van der Waals surface area contributed by atoms with Crippen LogP contribution in [0.4, 0.5) is 5.69 Å². The van der Waals surface area contributed by atoms with Crippen molar-refractivity contribution in [3.05, 3.63) is 29.8 Å². The Morgan fingerprint density at radius 1 is 1.09 bits per heavy atom. The van der Waals surface area contributed by atoms with Crippen molar-refractivity contribution >= 4 is 11.6 Å². The molecule has 1 aromatic carbocycles. The van der Waals surface area contributed by atoms with Crippen molar-refractivity contribution < 1.29 is 9.90 Å². The molecule has 1 amide bonds. The van der Waals surface area contributed by atoms with Gasteiger partial charge in [0, 0.05) is 30.4 Å². The highest BCUT2D eigenvalue weighted by atomic mass is 16.3. The van der Waals surface area contributed by atoms with Crippen molar-refractivity contribution in [2.75, 3.05) is 18.0 Å². The van der Waals surface area contributed by atoms with Crippen LogP contribution in [0, 0.1) is 5.92 Å². The Bertz CT molecular complexity index is 521. The van der Waals surface area contributed by atoms with Crippen LogP contribution in [0.1, 0.15) is 55.8 Å². The van der Waals surface area contributed by atoms with E-state index in [-0.39, 0.29) is 12.0 Å². The van der Waals surface area contributed by atoms with Gasteiger partial charge in [-0.15, -0.1) is 0 Å². The minimum absolute atomic E-state index is 0.0457. The first-order valence-electron chi connectivity index (χ1n) is 8.97. The van der Waals surface area contributed by atoms with Gasteiger partial charge in [0.1, 0.15) is 0 Å². The van der Waals surface area contributed by atoms with Gasteiger partial charge in [-0.3, -0.25) is 4.79 Å². The van der Waals surface area contributed by atoms with Gasteiger partial charge >= 0.3 is 0 Å². The maximum atomic E-state index is 12.4. The second kappa shape index (κ2) is 7.35. The molecule has 2 fully saturated rings. The normalized spacial score (nSPS) is 26.1. The monoisotopic (exact) mass is 316 g/mol. The van der Waals surface area contributed by atoms with Crippen molar-refractivity contribution in [3.63, 3.8) is 0 Å². The van der Waals surface area contributed by atoms with Crippen molar-refractivity contribution in [1.82, 2.24) is 5.32 Å². The van der Waals surface area contributed by atoms with Gasteiger partial charge in [-0.05, 0) is 55.9 Å². The molecule has 1 saturated heterocycles. The Hall–Kier alpha value is -1.55. The molecule has 126 valence electrons. The van der Waals surface area contributed by atoms with E-state index in [1.807, 2.05) is 24.3 Å². The average Bonchev–Trinajstić information content (AvgIpc) is 2.58. The van der Waals surface area contributed by atoms with Crippen molar-refractivity contribution in [2.45, 2.75) is 57.6 Å². The lowest BCUT2D eigenvalue weighted by molar-refractivity contribution is 0.0910. The smallest absolute Gasteiger partial charge is 0.251 e. The number of hydrogen-bond acceptors (Lipinski definition) is 3. The number of rotatable bonds is 3. The molecule has 0 spiro atoms. The summed E-state index contributed by atoms with van der Waals surface area (Å²) in [6.45, 7) is 4.00. The van der Waals surface area contributed by atoms with E-state index in [9.17, 15) is 9.90 Å². The Labute approximate surface area is 138 Å². The predicted molar refractivity (Wildman–Crippen MR) is 92.8 cm³/mol. The summed E-state index contributed by atoms with van der Waals surface area (Å²) in [5, 5.41) is 12.8. The van der Waals surface area contributed by atoms with E-state index in [2.05, 4.69) is 17.1 Å². The van der Waals surface area contributed by atoms with Gasteiger partial charge in [0.05, 0.1) is 6.10 Å². The molecule has 2 N–H and O–H groups in total. The number of anilines is 1. The topological polar surface area (TPSA) is 52.6 Å². The lowest BCUT2D eigenvalue weighted by Gasteiger charge is -2.31. The molecule has 0 aromatic heterocycles. The summed E-state index contributed by atoms with van der Waals surface area (Å²) in [7, 11) is 0. The molecule has 2 aliphatic rings. The van der Waals surface area contributed by atoms with Crippen LogP contribution < -0.4 is 10.2 Å². The summed E-state index contributed by atoms with van der Waals surface area (Å²) in [5.41, 5.74) is 1.88. The Morgan fingerprint density at radius 2 is 1.74 bits per heavy atom. The molecule has 1 heterocycles. The lowest BCUT2D eigenvalue weighted by atomic mass is 9.86. The quantitative estimate of drug-likeness (QED) is 0.901. The van der Waals surface area contributed by atoms with Gasteiger partial charge in [0.25, 0.3) is 5.91 Å². The fourth-order valence-electron chi connectivity index (χ4n) is 3.73. The zero-order valence-corrected chi connectivity index (χ0v) is 14.0. The van der Waals surface area contributed by atoms with Gasteiger partial charge in [-0.25, -0.2) is 0 Å². The minimum Gasteiger partial charge on any atom is -0.393 e. The molecule has 2 unspecified atom stereocenters. The first kappa shape index (κ1) is 16.3. The third-order valence-corrected chi connectivity index (χ3v) is 5.39. The Morgan fingerprint density at radius 3 is 2.39 bits per heavy atom. The number of carbonyl (C=O) groups is 1. The second-order valence-corrected chi connectivity index (χ2v) is 7.11. The zero-order chi connectivity index (χ0) is 16.2. The summed E-state index contributed by atoms with van der Waals surface area (Å²) in [4.78, 5) is 14.7. The van der Waals surface area contributed by atoms with Crippen LogP contribution in [0.15, 0.2) is 24.3 Å². The van der Waals surface area contributed by atoms with Crippen LogP contribution in [0.3, 0.4) is 0 Å². The molecule has 3 rings (SSSR count). The molecular formula is C19H28N2O2. The summed E-state index contributed by atoms with van der Waals surface area (Å²) < 4.78 is 0. The van der Waals surface area contributed by atoms with Crippen LogP contribution in [0.2, 0.25) is 0 Å². The largest absolute Gasteiger partial charge is 0.393 e. The van der Waals surface area contributed by atoms with Crippen LogP contribution in [-0.4, -0.2) is 36.2 Å². The molecule has 1 aliphatic heterocycles. The second-order valence-electron chi connectivity index (χ2n) is 7.11. The van der Waals surface area contributed by atoms with Crippen molar-refractivity contribution in [3.8, 4) is 0 Å². The summed E-state index contributed by atoms with van der Waals surface area (Å²) in [5.74, 6) is 0.621. The molecule has 4 heteroatoms. The van der Waals surface area contributed by atoms with Gasteiger partial charge in [0.2, 0.25) is 0 Å². The molecule has 1 aromatic rings. The molecule has 1 aliphatic carbocycles. The van der Waals surface area contributed by atoms with Gasteiger partial charge in [-0.1, -0.05) is 19.8 Å². The average molecular weight is 316 g/mol. The van der Waals surface area contributed by atoms with E-state index in [0.29, 0.717) is 12.0 Å². The highest BCUT2D eigenvalue weighted by Crippen LogP contribution is 2.24. The number of carbonyl (C=O) groups excluding carboxylic acids is 1. The van der Waals surface area contributed by atoms with Crippen LogP contribution >= 0.6 is 0 Å². The number of nitrogens with one attached hydrogen (secondary N) is 1. The van der Waals surface area contributed by atoms with Gasteiger partial charge in [0.15, 0.2) is 0 Å². The van der Waals surface area contributed by atoms with Gasteiger partial charge in [-0.2, -0.15) is 0 Å². The lowest BCUT2D eigenvalue weighted by Crippen LogP contribution is -2.41. The molecule has 1 saturated carbocycles. The molecule has 0 bridgehead atoms. The number of aliphatic hydroxyl groups excluding tert-OH is 1. The maximum Gasteiger partial charge on any atom is 0.251 e. The van der Waals surface area contributed by atoms with E-state index in [0.717, 1.165) is 43.6 Å². The summed E-state index contributed by atoms with van der Waals surface area (Å²) >= 11 is 0. The number of hydrogen-bond donors (Lipinski definition) is 2. The molecule has 2 atom stereocenters. The fourth-order valence-corrected chi connectivity index (χ4v) is 3.73.